The van der Waals surface area contributed by atoms with E-state index in [2.05, 4.69) is 0 Å². The highest BCUT2D eigenvalue weighted by molar-refractivity contribution is 5.04. The second-order valence-electron chi connectivity index (χ2n) is 3.77. The van der Waals surface area contributed by atoms with Crippen molar-refractivity contribution in [2.75, 3.05) is 0 Å². The first-order chi connectivity index (χ1) is 6.27. The fourth-order valence-corrected chi connectivity index (χ4v) is 1.12. The van der Waals surface area contributed by atoms with Crippen molar-refractivity contribution in [2.24, 2.45) is 11.8 Å². The Kier molecular flexibility index (Phi) is 2.17. The molecule has 72 valence electrons. The highest BCUT2D eigenvalue weighted by Gasteiger charge is 2.27. The Morgan fingerprint density at radius 1 is 0.923 bits per heavy atom. The van der Waals surface area contributed by atoms with Crippen LogP contribution < -0.4 is 0 Å². The maximum atomic E-state index is 9.28. The number of aliphatic hydroxyl groups excluding tert-OH is 2. The van der Waals surface area contributed by atoms with E-state index >= 15 is 0 Å². The van der Waals surface area contributed by atoms with Gasteiger partial charge in [-0.2, -0.15) is 0 Å². The van der Waals surface area contributed by atoms with Crippen LogP contribution in [0.5, 0.6) is 0 Å². The van der Waals surface area contributed by atoms with Gasteiger partial charge in [0.2, 0.25) is 0 Å². The zero-order valence-corrected chi connectivity index (χ0v) is 7.44. The van der Waals surface area contributed by atoms with E-state index in [1.54, 1.807) is 0 Å². The van der Waals surface area contributed by atoms with Gasteiger partial charge in [-0.05, 0) is 25.7 Å². The predicted molar refractivity (Wildman–Crippen MR) is 48.0 cm³/mol. The Labute approximate surface area is 77.3 Å². The molecule has 0 radical (unpaired) electrons. The van der Waals surface area contributed by atoms with Crippen molar-refractivity contribution in [2.45, 2.75) is 25.7 Å². The van der Waals surface area contributed by atoms with E-state index in [1.807, 2.05) is 0 Å². The lowest BCUT2D eigenvalue weighted by Crippen LogP contribution is -1.86. The smallest absolute Gasteiger partial charge is 0.130 e. The lowest BCUT2D eigenvalue weighted by Gasteiger charge is -1.97. The average molecular weight is 182 g/mol. The second-order valence-corrected chi connectivity index (χ2v) is 3.77. The molecule has 0 aromatic heterocycles. The molecule has 0 heterocycles. The van der Waals surface area contributed by atoms with Crippen LogP contribution in [0.4, 0.5) is 0 Å². The molecule has 0 unspecified atom stereocenters. The van der Waals surface area contributed by atoms with Crippen molar-refractivity contribution in [1.29, 1.82) is 0 Å². The molecule has 2 N–H and O–H groups in total. The molecule has 3 heteroatoms. The maximum Gasteiger partial charge on any atom is 0.130 e. The minimum absolute atomic E-state index is 0.292. The van der Waals surface area contributed by atoms with Crippen LogP contribution in [-0.4, -0.2) is 10.2 Å². The number of ether oxygens (including phenoxy) is 1. The zero-order chi connectivity index (χ0) is 9.26. The first kappa shape index (κ1) is 8.48. The molecular weight excluding hydrogens is 168 g/mol. The molecule has 0 aliphatic heterocycles. The van der Waals surface area contributed by atoms with Gasteiger partial charge >= 0.3 is 0 Å². The standard InChI is InChI=1S/C10H14O3/c11-9(7-1-2-7)5-13-6-10(12)8-3-4-8/h5-8,11-12H,1-4H2. The summed E-state index contributed by atoms with van der Waals surface area (Å²) in [4.78, 5) is 0. The topological polar surface area (TPSA) is 49.7 Å². The van der Waals surface area contributed by atoms with Gasteiger partial charge in [-0.25, -0.2) is 0 Å². The van der Waals surface area contributed by atoms with E-state index < -0.39 is 0 Å². The molecule has 2 aliphatic carbocycles. The molecule has 0 bridgehead atoms. The van der Waals surface area contributed by atoms with Crippen LogP contribution in [0.15, 0.2) is 24.0 Å². The Morgan fingerprint density at radius 3 is 1.62 bits per heavy atom. The summed E-state index contributed by atoms with van der Waals surface area (Å²) in [5, 5.41) is 18.6. The third-order valence-corrected chi connectivity index (χ3v) is 2.37. The van der Waals surface area contributed by atoms with Crippen LogP contribution in [0.1, 0.15) is 25.7 Å². The fourth-order valence-electron chi connectivity index (χ4n) is 1.12. The number of allylic oxidation sites excluding steroid dienone is 2. The average Bonchev–Trinajstić information content (AvgIpc) is 2.95. The molecule has 2 saturated carbocycles. The molecule has 0 aromatic carbocycles. The summed E-state index contributed by atoms with van der Waals surface area (Å²) in [6.45, 7) is 0. The SMILES string of the molecule is OC(=COC=C(O)C1CC1)C1CC1. The molecule has 13 heavy (non-hydrogen) atoms. The van der Waals surface area contributed by atoms with Crippen molar-refractivity contribution < 1.29 is 14.9 Å². The Hall–Kier alpha value is -1.12. The van der Waals surface area contributed by atoms with E-state index in [0.29, 0.717) is 23.4 Å². The quantitative estimate of drug-likeness (QED) is 0.657. The van der Waals surface area contributed by atoms with Gasteiger partial charge in [0.25, 0.3) is 0 Å². The lowest BCUT2D eigenvalue weighted by molar-refractivity contribution is 0.289. The van der Waals surface area contributed by atoms with Gasteiger partial charge in [0, 0.05) is 11.8 Å². The van der Waals surface area contributed by atoms with E-state index in [4.69, 9.17) is 4.74 Å². The van der Waals surface area contributed by atoms with E-state index in [-0.39, 0.29) is 0 Å². The van der Waals surface area contributed by atoms with Crippen molar-refractivity contribution in [3.05, 3.63) is 24.0 Å². The molecular formula is C10H14O3. The van der Waals surface area contributed by atoms with Crippen LogP contribution in [-0.2, 0) is 4.74 Å². The van der Waals surface area contributed by atoms with Crippen LogP contribution in [0.2, 0.25) is 0 Å². The van der Waals surface area contributed by atoms with Gasteiger partial charge in [0.1, 0.15) is 24.0 Å². The first-order valence-electron chi connectivity index (χ1n) is 4.71. The lowest BCUT2D eigenvalue weighted by atomic mass is 10.4. The summed E-state index contributed by atoms with van der Waals surface area (Å²) >= 11 is 0. The maximum absolute atomic E-state index is 9.28. The van der Waals surface area contributed by atoms with Crippen LogP contribution in [0.3, 0.4) is 0 Å². The molecule has 0 atom stereocenters. The van der Waals surface area contributed by atoms with Gasteiger partial charge in [0.05, 0.1) is 0 Å². The summed E-state index contributed by atoms with van der Waals surface area (Å²) < 4.78 is 4.94. The van der Waals surface area contributed by atoms with Crippen LogP contribution in [0, 0.1) is 11.8 Å². The predicted octanol–water partition coefficient (Wildman–Crippen LogP) is 2.62. The molecule has 0 amide bonds. The summed E-state index contributed by atoms with van der Waals surface area (Å²) in [5.74, 6) is 1.19. The summed E-state index contributed by atoms with van der Waals surface area (Å²) in [6, 6.07) is 0. The van der Waals surface area contributed by atoms with Gasteiger partial charge in [-0.3, -0.25) is 0 Å². The molecule has 2 aliphatic rings. The minimum Gasteiger partial charge on any atom is -0.509 e. The molecule has 2 rings (SSSR count). The number of hydrogen-bond acceptors (Lipinski definition) is 3. The van der Waals surface area contributed by atoms with E-state index in [0.717, 1.165) is 25.7 Å². The molecule has 2 fully saturated rings. The van der Waals surface area contributed by atoms with Crippen molar-refractivity contribution in [3.8, 4) is 0 Å². The fraction of sp³-hybridized carbons (Fsp3) is 0.600. The number of rotatable bonds is 4. The summed E-state index contributed by atoms with van der Waals surface area (Å²) in [7, 11) is 0. The van der Waals surface area contributed by atoms with Crippen molar-refractivity contribution in [3.63, 3.8) is 0 Å². The summed E-state index contributed by atoms with van der Waals surface area (Å²) in [5.41, 5.74) is 0. The number of hydrogen-bond donors (Lipinski definition) is 2. The summed E-state index contributed by atoms with van der Waals surface area (Å²) in [6.07, 6.45) is 6.81. The van der Waals surface area contributed by atoms with Crippen molar-refractivity contribution in [1.82, 2.24) is 0 Å². The first-order valence-corrected chi connectivity index (χ1v) is 4.71. The Bertz CT molecular complexity index is 221. The normalized spacial score (nSPS) is 24.6. The van der Waals surface area contributed by atoms with Gasteiger partial charge < -0.3 is 14.9 Å². The largest absolute Gasteiger partial charge is 0.509 e. The van der Waals surface area contributed by atoms with Gasteiger partial charge in [0.15, 0.2) is 0 Å². The van der Waals surface area contributed by atoms with Gasteiger partial charge in [-0.1, -0.05) is 0 Å². The zero-order valence-electron chi connectivity index (χ0n) is 7.44. The van der Waals surface area contributed by atoms with Gasteiger partial charge in [-0.15, -0.1) is 0 Å². The molecule has 0 saturated heterocycles. The highest BCUT2D eigenvalue weighted by atomic mass is 16.5. The third-order valence-electron chi connectivity index (χ3n) is 2.37. The van der Waals surface area contributed by atoms with E-state index in [9.17, 15) is 10.2 Å². The number of aliphatic hydroxyl groups is 2. The second kappa shape index (κ2) is 3.32. The Morgan fingerprint density at radius 2 is 1.31 bits per heavy atom. The molecule has 3 nitrogen and oxygen atoms in total. The highest BCUT2D eigenvalue weighted by Crippen LogP contribution is 2.36. The Balaban J connectivity index is 1.77. The minimum atomic E-state index is 0.292. The van der Waals surface area contributed by atoms with E-state index in [1.165, 1.54) is 12.5 Å². The molecule has 0 aromatic rings. The van der Waals surface area contributed by atoms with Crippen LogP contribution >= 0.6 is 0 Å². The third kappa shape index (κ3) is 2.41. The van der Waals surface area contributed by atoms with Crippen molar-refractivity contribution >= 4 is 0 Å². The van der Waals surface area contributed by atoms with Crippen LogP contribution in [0.25, 0.3) is 0 Å². The monoisotopic (exact) mass is 182 g/mol. The molecule has 0 spiro atoms.